The van der Waals surface area contributed by atoms with Gasteiger partial charge in [-0.1, -0.05) is 109 Å². The standard InChI is InChI=1S/C42H24N4O2/c1-2-9-25(10-3-1)26-18-20-27(21-19-26)40-44-41(46-42(45-40)34-15-7-13-31-29-11-4-5-16-35(29)47-39(31)34)32-14-6-12-30-28(32)22-23-33-37-36(48-38(30)33)17-8-24-43-37/h1-24H. The monoisotopic (exact) mass is 616 g/mol. The van der Waals surface area contributed by atoms with Crippen LogP contribution in [0, 0.1) is 0 Å². The lowest BCUT2D eigenvalue weighted by Gasteiger charge is -2.11. The largest absolute Gasteiger partial charge is 0.455 e. The van der Waals surface area contributed by atoms with Crippen molar-refractivity contribution < 1.29 is 8.83 Å². The van der Waals surface area contributed by atoms with Crippen molar-refractivity contribution in [2.75, 3.05) is 0 Å². The lowest BCUT2D eigenvalue weighted by atomic mass is 10.0. The SMILES string of the molecule is c1ccc(-c2ccc(-c3nc(-c4cccc5c4ccc4c6ncccc6oc54)nc(-c4cccc5c4oc4ccccc45)n3)cc2)cc1. The predicted octanol–water partition coefficient (Wildman–Crippen LogP) is 10.9. The molecule has 6 heteroatoms. The summed E-state index contributed by atoms with van der Waals surface area (Å²) in [6, 6.07) is 47.1. The van der Waals surface area contributed by atoms with E-state index in [-0.39, 0.29) is 0 Å². The Morgan fingerprint density at radius 1 is 0.354 bits per heavy atom. The highest BCUT2D eigenvalue weighted by Crippen LogP contribution is 2.39. The molecule has 0 N–H and O–H groups in total. The number of aromatic nitrogens is 4. The number of rotatable bonds is 4. The zero-order chi connectivity index (χ0) is 31.6. The topological polar surface area (TPSA) is 77.8 Å². The maximum Gasteiger partial charge on any atom is 0.167 e. The fraction of sp³-hybridized carbons (Fsp3) is 0. The molecule has 0 amide bonds. The molecule has 4 aromatic heterocycles. The Hall–Kier alpha value is -6.66. The number of para-hydroxylation sites is 2. The van der Waals surface area contributed by atoms with Gasteiger partial charge in [0.1, 0.15) is 22.3 Å². The van der Waals surface area contributed by atoms with E-state index in [1.165, 1.54) is 0 Å². The molecule has 48 heavy (non-hydrogen) atoms. The van der Waals surface area contributed by atoms with Gasteiger partial charge in [-0.2, -0.15) is 0 Å². The Bertz CT molecular complexity index is 2840. The first-order chi connectivity index (χ1) is 23.8. The summed E-state index contributed by atoms with van der Waals surface area (Å²) in [4.78, 5) is 19.9. The van der Waals surface area contributed by atoms with Crippen molar-refractivity contribution in [2.45, 2.75) is 0 Å². The third-order valence-electron chi connectivity index (χ3n) is 9.02. The van der Waals surface area contributed by atoms with E-state index in [4.69, 9.17) is 23.8 Å². The van der Waals surface area contributed by atoms with E-state index >= 15 is 0 Å². The highest BCUT2D eigenvalue weighted by atomic mass is 16.3. The molecule has 0 aliphatic heterocycles. The van der Waals surface area contributed by atoms with Crippen LogP contribution in [-0.2, 0) is 0 Å². The van der Waals surface area contributed by atoms with Crippen LogP contribution in [0.15, 0.2) is 155 Å². The summed E-state index contributed by atoms with van der Waals surface area (Å²) in [5.41, 5.74) is 8.82. The number of furan rings is 2. The molecular weight excluding hydrogens is 592 g/mol. The second kappa shape index (κ2) is 10.4. The Balaban J connectivity index is 1.21. The quantitative estimate of drug-likeness (QED) is 0.196. The van der Waals surface area contributed by atoms with E-state index in [9.17, 15) is 0 Å². The number of hydrogen-bond acceptors (Lipinski definition) is 6. The Labute approximate surface area is 274 Å². The maximum atomic E-state index is 6.42. The number of fused-ring (bicyclic) bond motifs is 8. The van der Waals surface area contributed by atoms with Crippen LogP contribution < -0.4 is 0 Å². The number of nitrogens with zero attached hydrogens (tertiary/aromatic N) is 4. The minimum Gasteiger partial charge on any atom is -0.455 e. The third-order valence-corrected chi connectivity index (χ3v) is 9.02. The smallest absolute Gasteiger partial charge is 0.167 e. The molecule has 6 nitrogen and oxygen atoms in total. The number of hydrogen-bond donors (Lipinski definition) is 0. The third kappa shape index (κ3) is 4.13. The minimum atomic E-state index is 0.540. The molecule has 0 aliphatic carbocycles. The van der Waals surface area contributed by atoms with Gasteiger partial charge in [0.05, 0.1) is 5.56 Å². The second-order valence-corrected chi connectivity index (χ2v) is 11.8. The summed E-state index contributed by atoms with van der Waals surface area (Å²) in [6.45, 7) is 0. The van der Waals surface area contributed by atoms with Crippen LogP contribution in [0.3, 0.4) is 0 Å². The van der Waals surface area contributed by atoms with Gasteiger partial charge < -0.3 is 8.83 Å². The first-order valence-electron chi connectivity index (χ1n) is 15.8. The van der Waals surface area contributed by atoms with Crippen LogP contribution in [0.5, 0.6) is 0 Å². The first kappa shape index (κ1) is 26.5. The Morgan fingerprint density at radius 2 is 0.958 bits per heavy atom. The molecule has 0 spiro atoms. The van der Waals surface area contributed by atoms with Gasteiger partial charge in [-0.15, -0.1) is 0 Å². The van der Waals surface area contributed by atoms with Crippen molar-refractivity contribution in [3.8, 4) is 45.3 Å². The van der Waals surface area contributed by atoms with Crippen molar-refractivity contribution in [1.82, 2.24) is 19.9 Å². The van der Waals surface area contributed by atoms with E-state index in [0.717, 1.165) is 82.6 Å². The fourth-order valence-corrected chi connectivity index (χ4v) is 6.72. The molecular formula is C42H24N4O2. The van der Waals surface area contributed by atoms with E-state index in [1.54, 1.807) is 6.20 Å². The summed E-state index contributed by atoms with van der Waals surface area (Å²) in [6.07, 6.45) is 1.79. The summed E-state index contributed by atoms with van der Waals surface area (Å²) in [5, 5.41) is 5.00. The summed E-state index contributed by atoms with van der Waals surface area (Å²) in [7, 11) is 0. The van der Waals surface area contributed by atoms with Crippen molar-refractivity contribution in [1.29, 1.82) is 0 Å². The molecule has 0 atom stereocenters. The molecule has 0 aliphatic rings. The van der Waals surface area contributed by atoms with Crippen LogP contribution >= 0.6 is 0 Å². The second-order valence-electron chi connectivity index (χ2n) is 11.8. The summed E-state index contributed by atoms with van der Waals surface area (Å²) in [5.74, 6) is 1.68. The van der Waals surface area contributed by atoms with Crippen LogP contribution in [0.1, 0.15) is 0 Å². The molecule has 0 bridgehead atoms. The maximum absolute atomic E-state index is 6.42. The van der Waals surface area contributed by atoms with Gasteiger partial charge in [-0.25, -0.2) is 15.0 Å². The zero-order valence-corrected chi connectivity index (χ0v) is 25.5. The first-order valence-corrected chi connectivity index (χ1v) is 15.8. The highest BCUT2D eigenvalue weighted by Gasteiger charge is 2.20. The molecule has 6 aromatic carbocycles. The van der Waals surface area contributed by atoms with Crippen molar-refractivity contribution in [3.05, 3.63) is 146 Å². The lowest BCUT2D eigenvalue weighted by molar-refractivity contribution is 0.669. The van der Waals surface area contributed by atoms with E-state index < -0.39 is 0 Å². The van der Waals surface area contributed by atoms with Gasteiger partial charge in [0.2, 0.25) is 0 Å². The molecule has 4 heterocycles. The summed E-state index contributed by atoms with van der Waals surface area (Å²) >= 11 is 0. The molecule has 0 fully saturated rings. The molecule has 10 rings (SSSR count). The molecule has 224 valence electrons. The lowest BCUT2D eigenvalue weighted by Crippen LogP contribution is -2.01. The fourth-order valence-electron chi connectivity index (χ4n) is 6.72. The van der Waals surface area contributed by atoms with Crippen LogP contribution in [0.2, 0.25) is 0 Å². The van der Waals surface area contributed by atoms with Crippen LogP contribution in [0.4, 0.5) is 0 Å². The average Bonchev–Trinajstić information content (AvgIpc) is 3.74. The van der Waals surface area contributed by atoms with Gasteiger partial charge >= 0.3 is 0 Å². The number of benzene rings is 6. The van der Waals surface area contributed by atoms with Gasteiger partial charge in [0.15, 0.2) is 23.1 Å². The molecule has 10 aromatic rings. The van der Waals surface area contributed by atoms with Gasteiger partial charge in [-0.3, -0.25) is 4.98 Å². The molecule has 0 radical (unpaired) electrons. The van der Waals surface area contributed by atoms with Gasteiger partial charge in [-0.05, 0) is 46.8 Å². The Kier molecular flexibility index (Phi) is 5.77. The molecule has 0 unspecified atom stereocenters. The zero-order valence-electron chi connectivity index (χ0n) is 25.5. The van der Waals surface area contributed by atoms with E-state index in [2.05, 4.69) is 77.8 Å². The van der Waals surface area contributed by atoms with Crippen molar-refractivity contribution >= 4 is 54.8 Å². The highest BCUT2D eigenvalue weighted by molar-refractivity contribution is 6.16. The number of pyridine rings is 1. The van der Waals surface area contributed by atoms with E-state index in [0.29, 0.717) is 17.5 Å². The normalized spacial score (nSPS) is 11.8. The van der Waals surface area contributed by atoms with Gasteiger partial charge in [0, 0.05) is 38.9 Å². The van der Waals surface area contributed by atoms with Gasteiger partial charge in [0.25, 0.3) is 0 Å². The van der Waals surface area contributed by atoms with Crippen molar-refractivity contribution in [2.24, 2.45) is 0 Å². The van der Waals surface area contributed by atoms with Crippen LogP contribution in [-0.4, -0.2) is 19.9 Å². The predicted molar refractivity (Wildman–Crippen MR) is 191 cm³/mol. The van der Waals surface area contributed by atoms with E-state index in [1.807, 2.05) is 66.7 Å². The molecule has 0 saturated carbocycles. The Morgan fingerprint density at radius 3 is 1.81 bits per heavy atom. The van der Waals surface area contributed by atoms with Crippen LogP contribution in [0.25, 0.3) is 100 Å². The minimum absolute atomic E-state index is 0.540. The average molecular weight is 617 g/mol. The summed E-state index contributed by atoms with van der Waals surface area (Å²) < 4.78 is 12.8. The van der Waals surface area contributed by atoms with Crippen molar-refractivity contribution in [3.63, 3.8) is 0 Å². The molecule has 0 saturated heterocycles.